The van der Waals surface area contributed by atoms with Crippen LogP contribution in [0.15, 0.2) is 0 Å². The van der Waals surface area contributed by atoms with Crippen LogP contribution in [0.25, 0.3) is 0 Å². The van der Waals surface area contributed by atoms with E-state index in [-0.39, 0.29) is 13.2 Å². The first-order valence-corrected chi connectivity index (χ1v) is 6.78. The lowest BCUT2D eigenvalue weighted by atomic mass is 10.1. The van der Waals surface area contributed by atoms with Gasteiger partial charge in [-0.1, -0.05) is 13.3 Å². The second-order valence-electron chi connectivity index (χ2n) is 5.06. The predicted molar refractivity (Wildman–Crippen MR) is 73.8 cm³/mol. The molecule has 0 rings (SSSR count). The summed E-state index contributed by atoms with van der Waals surface area (Å²) in [7, 11) is 0. The summed E-state index contributed by atoms with van der Waals surface area (Å²) in [4.78, 5) is 11.0. The van der Waals surface area contributed by atoms with Gasteiger partial charge in [-0.25, -0.2) is 0 Å². The highest BCUT2D eigenvalue weighted by Gasteiger charge is 2.24. The van der Waals surface area contributed by atoms with Gasteiger partial charge in [0, 0.05) is 13.2 Å². The number of nitrogens with one attached hydrogen (secondary N) is 1. The topological polar surface area (TPSA) is 93.8 Å². The standard InChI is InChI=1S/C13H28N2O4/c1-4-5-6-18-7-8-19-10-11(16)9-15-13(2,3)12(14)17/h11,15-16H,4-10H2,1-3H3,(H2,14,17). The first-order chi connectivity index (χ1) is 8.90. The molecule has 0 radical (unpaired) electrons. The lowest BCUT2D eigenvalue weighted by Gasteiger charge is -2.24. The fraction of sp³-hybridized carbons (Fsp3) is 0.923. The molecule has 0 bridgehead atoms. The third-order valence-electron chi connectivity index (χ3n) is 2.72. The molecule has 6 heteroatoms. The molecule has 19 heavy (non-hydrogen) atoms. The molecule has 1 atom stereocenters. The highest BCUT2D eigenvalue weighted by atomic mass is 16.5. The van der Waals surface area contributed by atoms with E-state index in [1.54, 1.807) is 13.8 Å². The normalized spacial score (nSPS) is 13.5. The van der Waals surface area contributed by atoms with Gasteiger partial charge in [0.05, 0.1) is 31.5 Å². The molecule has 0 heterocycles. The first-order valence-electron chi connectivity index (χ1n) is 6.78. The molecule has 0 aliphatic rings. The SMILES string of the molecule is CCCCOCCOCC(O)CNC(C)(C)C(N)=O. The average Bonchev–Trinajstić information content (AvgIpc) is 2.35. The zero-order chi connectivity index (χ0) is 14.7. The molecule has 114 valence electrons. The largest absolute Gasteiger partial charge is 0.389 e. The fourth-order valence-electron chi connectivity index (χ4n) is 1.20. The van der Waals surface area contributed by atoms with Crippen molar-refractivity contribution < 1.29 is 19.4 Å². The first kappa shape index (κ1) is 18.3. The molecule has 0 saturated carbocycles. The van der Waals surface area contributed by atoms with E-state index < -0.39 is 17.6 Å². The number of primary amides is 1. The molecule has 0 aliphatic heterocycles. The molecular weight excluding hydrogens is 248 g/mol. The molecule has 1 amide bonds. The van der Waals surface area contributed by atoms with Gasteiger partial charge in [-0.05, 0) is 20.3 Å². The summed E-state index contributed by atoms with van der Waals surface area (Å²) in [5, 5.41) is 12.5. The molecule has 0 saturated heterocycles. The molecule has 0 aromatic heterocycles. The minimum absolute atomic E-state index is 0.207. The van der Waals surface area contributed by atoms with E-state index in [0.29, 0.717) is 13.2 Å². The summed E-state index contributed by atoms with van der Waals surface area (Å²) in [6.07, 6.45) is 1.49. The average molecular weight is 276 g/mol. The molecular formula is C13H28N2O4. The van der Waals surface area contributed by atoms with Crippen LogP contribution in [0.2, 0.25) is 0 Å². The van der Waals surface area contributed by atoms with Crippen LogP contribution in [0, 0.1) is 0 Å². The van der Waals surface area contributed by atoms with Gasteiger partial charge in [0.15, 0.2) is 0 Å². The Labute approximate surface area is 115 Å². The van der Waals surface area contributed by atoms with Gasteiger partial charge in [0.25, 0.3) is 0 Å². The lowest BCUT2D eigenvalue weighted by Crippen LogP contribution is -2.53. The Hall–Kier alpha value is -0.690. The third kappa shape index (κ3) is 9.84. The lowest BCUT2D eigenvalue weighted by molar-refractivity contribution is -0.123. The second kappa shape index (κ2) is 10.1. The maximum Gasteiger partial charge on any atom is 0.237 e. The number of hydrogen-bond acceptors (Lipinski definition) is 5. The number of β-amino-alcohol motifs (C(OH)–C–C–N with tert-alkyl or cyclic N) is 1. The van der Waals surface area contributed by atoms with Gasteiger partial charge >= 0.3 is 0 Å². The van der Waals surface area contributed by atoms with Crippen molar-refractivity contribution in [3.63, 3.8) is 0 Å². The summed E-state index contributed by atoms with van der Waals surface area (Å²) >= 11 is 0. The van der Waals surface area contributed by atoms with Crippen molar-refractivity contribution in [1.82, 2.24) is 5.32 Å². The Bertz CT molecular complexity index is 247. The van der Waals surface area contributed by atoms with Crippen molar-refractivity contribution in [2.24, 2.45) is 5.73 Å². The molecule has 0 spiro atoms. The number of aliphatic hydroxyl groups is 1. The van der Waals surface area contributed by atoms with Crippen molar-refractivity contribution >= 4 is 5.91 Å². The van der Waals surface area contributed by atoms with Gasteiger partial charge in [0.1, 0.15) is 0 Å². The minimum Gasteiger partial charge on any atom is -0.389 e. The van der Waals surface area contributed by atoms with E-state index in [4.69, 9.17) is 15.2 Å². The maximum absolute atomic E-state index is 11.0. The van der Waals surface area contributed by atoms with E-state index >= 15 is 0 Å². The zero-order valence-corrected chi connectivity index (χ0v) is 12.3. The molecule has 0 aliphatic carbocycles. The molecule has 0 aromatic carbocycles. The van der Waals surface area contributed by atoms with E-state index in [2.05, 4.69) is 12.2 Å². The Kier molecular flexibility index (Phi) is 9.77. The minimum atomic E-state index is -0.829. The summed E-state index contributed by atoms with van der Waals surface area (Å²) in [5.41, 5.74) is 4.38. The fourth-order valence-corrected chi connectivity index (χ4v) is 1.20. The number of carbonyl (C=O) groups excluding carboxylic acids is 1. The van der Waals surface area contributed by atoms with Crippen molar-refractivity contribution in [2.75, 3.05) is 33.0 Å². The summed E-state index contributed by atoms with van der Waals surface area (Å²) in [6, 6.07) is 0. The van der Waals surface area contributed by atoms with E-state index in [1.165, 1.54) is 0 Å². The van der Waals surface area contributed by atoms with Crippen LogP contribution in [-0.2, 0) is 14.3 Å². The summed E-state index contributed by atoms with van der Waals surface area (Å²) in [6.45, 7) is 7.65. The summed E-state index contributed by atoms with van der Waals surface area (Å²) < 4.78 is 10.6. The van der Waals surface area contributed by atoms with Crippen LogP contribution in [0.1, 0.15) is 33.6 Å². The number of ether oxygens (including phenoxy) is 2. The molecule has 4 N–H and O–H groups in total. The number of rotatable bonds is 12. The highest BCUT2D eigenvalue weighted by Crippen LogP contribution is 2.00. The number of carbonyl (C=O) groups is 1. The van der Waals surface area contributed by atoms with Gasteiger partial charge in [-0.15, -0.1) is 0 Å². The van der Waals surface area contributed by atoms with E-state index in [9.17, 15) is 9.90 Å². The molecule has 6 nitrogen and oxygen atoms in total. The molecule has 0 aromatic rings. The Morgan fingerprint density at radius 1 is 1.32 bits per heavy atom. The van der Waals surface area contributed by atoms with Gasteiger partial charge in [0.2, 0.25) is 5.91 Å². The Balaban J connectivity index is 3.49. The van der Waals surface area contributed by atoms with Gasteiger partial charge in [-0.3, -0.25) is 4.79 Å². The second-order valence-corrected chi connectivity index (χ2v) is 5.06. The van der Waals surface area contributed by atoms with Crippen LogP contribution < -0.4 is 11.1 Å². The third-order valence-corrected chi connectivity index (χ3v) is 2.72. The summed E-state index contributed by atoms with van der Waals surface area (Å²) in [5.74, 6) is -0.454. The zero-order valence-electron chi connectivity index (χ0n) is 12.3. The van der Waals surface area contributed by atoms with Crippen molar-refractivity contribution in [3.8, 4) is 0 Å². The van der Waals surface area contributed by atoms with Crippen molar-refractivity contribution in [2.45, 2.75) is 45.3 Å². The monoisotopic (exact) mass is 276 g/mol. The van der Waals surface area contributed by atoms with E-state index in [0.717, 1.165) is 19.4 Å². The number of hydrogen-bond donors (Lipinski definition) is 3. The van der Waals surface area contributed by atoms with Crippen LogP contribution in [0.3, 0.4) is 0 Å². The number of amides is 1. The van der Waals surface area contributed by atoms with Crippen LogP contribution in [0.5, 0.6) is 0 Å². The van der Waals surface area contributed by atoms with Gasteiger partial charge < -0.3 is 25.6 Å². The number of unbranched alkanes of at least 4 members (excludes halogenated alkanes) is 1. The van der Waals surface area contributed by atoms with Gasteiger partial charge in [-0.2, -0.15) is 0 Å². The Morgan fingerprint density at radius 3 is 2.53 bits per heavy atom. The van der Waals surface area contributed by atoms with Crippen LogP contribution in [0.4, 0.5) is 0 Å². The maximum atomic E-state index is 11.0. The highest BCUT2D eigenvalue weighted by molar-refractivity contribution is 5.83. The van der Waals surface area contributed by atoms with Crippen LogP contribution >= 0.6 is 0 Å². The number of nitrogens with two attached hydrogens (primary N) is 1. The number of aliphatic hydroxyl groups excluding tert-OH is 1. The van der Waals surface area contributed by atoms with Crippen molar-refractivity contribution in [3.05, 3.63) is 0 Å². The van der Waals surface area contributed by atoms with E-state index in [1.807, 2.05) is 0 Å². The Morgan fingerprint density at radius 2 is 1.95 bits per heavy atom. The quantitative estimate of drug-likeness (QED) is 0.437. The predicted octanol–water partition coefficient (Wildman–Crippen LogP) is 0.0341. The smallest absolute Gasteiger partial charge is 0.237 e. The molecule has 0 fully saturated rings. The van der Waals surface area contributed by atoms with Crippen molar-refractivity contribution in [1.29, 1.82) is 0 Å². The van der Waals surface area contributed by atoms with Crippen LogP contribution in [-0.4, -0.2) is 55.6 Å². The molecule has 1 unspecified atom stereocenters.